The third-order valence-electron chi connectivity index (χ3n) is 5.69. The Kier molecular flexibility index (Phi) is 3.81. The number of fused-ring (bicyclic) bond motifs is 5. The highest BCUT2D eigenvalue weighted by Gasteiger charge is 2.32. The summed E-state index contributed by atoms with van der Waals surface area (Å²) in [6.07, 6.45) is 6.10. The highest BCUT2D eigenvalue weighted by molar-refractivity contribution is 7.19. The zero-order chi connectivity index (χ0) is 19.6. The van der Waals surface area contributed by atoms with Gasteiger partial charge in [0, 0.05) is 11.1 Å². The molecule has 0 bridgehead atoms. The topological polar surface area (TPSA) is 60.9 Å². The lowest BCUT2D eigenvalue weighted by atomic mass is 9.72. The van der Waals surface area contributed by atoms with Gasteiger partial charge in [0.2, 0.25) is 5.82 Å². The van der Waals surface area contributed by atoms with Crippen LogP contribution in [0.15, 0.2) is 18.6 Å². The Hall–Kier alpha value is -2.42. The number of hydrogen-bond donors (Lipinski definition) is 0. The van der Waals surface area contributed by atoms with Gasteiger partial charge in [0.05, 0.1) is 5.39 Å². The zero-order valence-electron chi connectivity index (χ0n) is 15.9. The van der Waals surface area contributed by atoms with Crippen molar-refractivity contribution in [2.24, 2.45) is 11.3 Å². The van der Waals surface area contributed by atoms with Crippen LogP contribution >= 0.6 is 11.3 Å². The van der Waals surface area contributed by atoms with Gasteiger partial charge in [-0.05, 0) is 42.2 Å². The monoisotopic (exact) mass is 402 g/mol. The minimum atomic E-state index is -2.74. The van der Waals surface area contributed by atoms with E-state index < -0.39 is 6.55 Å². The van der Waals surface area contributed by atoms with Crippen LogP contribution in [0.3, 0.4) is 0 Å². The van der Waals surface area contributed by atoms with E-state index >= 15 is 0 Å². The summed E-state index contributed by atoms with van der Waals surface area (Å²) >= 11 is 1.72. The highest BCUT2D eigenvalue weighted by Crippen LogP contribution is 2.43. The van der Waals surface area contributed by atoms with Gasteiger partial charge in [-0.2, -0.15) is 13.9 Å². The lowest BCUT2D eigenvalue weighted by molar-refractivity contribution is 0.0583. The zero-order valence-corrected chi connectivity index (χ0v) is 16.7. The number of nitrogens with zero attached hydrogens (tertiary/aromatic N) is 6. The summed E-state index contributed by atoms with van der Waals surface area (Å²) in [4.78, 5) is 11.5. The van der Waals surface area contributed by atoms with E-state index in [1.54, 1.807) is 22.2 Å². The Morgan fingerprint density at radius 3 is 2.86 bits per heavy atom. The highest BCUT2D eigenvalue weighted by atomic mass is 32.1. The van der Waals surface area contributed by atoms with Gasteiger partial charge in [0.25, 0.3) is 0 Å². The van der Waals surface area contributed by atoms with Gasteiger partial charge in [0.1, 0.15) is 16.9 Å². The fourth-order valence-corrected chi connectivity index (χ4v) is 5.33. The van der Waals surface area contributed by atoms with Crippen molar-refractivity contribution < 1.29 is 8.78 Å². The van der Waals surface area contributed by atoms with Crippen LogP contribution < -0.4 is 0 Å². The van der Waals surface area contributed by atoms with E-state index in [1.807, 2.05) is 0 Å². The molecule has 6 nitrogen and oxygen atoms in total. The molecule has 1 aliphatic rings. The number of hydrogen-bond acceptors (Lipinski definition) is 5. The van der Waals surface area contributed by atoms with Crippen LogP contribution in [0.4, 0.5) is 8.78 Å². The molecule has 1 unspecified atom stereocenters. The number of aromatic nitrogens is 6. The van der Waals surface area contributed by atoms with Crippen molar-refractivity contribution in [1.82, 2.24) is 29.4 Å². The van der Waals surface area contributed by atoms with E-state index in [-0.39, 0.29) is 16.9 Å². The maximum absolute atomic E-state index is 13.2. The molecule has 0 saturated heterocycles. The number of alkyl halides is 2. The van der Waals surface area contributed by atoms with Gasteiger partial charge in [-0.1, -0.05) is 20.8 Å². The molecule has 9 heteroatoms. The van der Waals surface area contributed by atoms with Crippen molar-refractivity contribution in [2.75, 3.05) is 0 Å². The fraction of sp³-hybridized carbons (Fsp3) is 0.474. The average molecular weight is 402 g/mol. The molecule has 0 aliphatic heterocycles. The average Bonchev–Trinajstić information content (AvgIpc) is 3.34. The molecular formula is C19H20F2N6S. The quantitative estimate of drug-likeness (QED) is 0.486. The van der Waals surface area contributed by atoms with Gasteiger partial charge in [-0.15, -0.1) is 16.4 Å². The first-order valence-corrected chi connectivity index (χ1v) is 10.1. The van der Waals surface area contributed by atoms with Crippen LogP contribution in [-0.2, 0) is 12.8 Å². The van der Waals surface area contributed by atoms with E-state index in [4.69, 9.17) is 0 Å². The van der Waals surface area contributed by atoms with Crippen LogP contribution in [0, 0.1) is 11.3 Å². The molecule has 1 atom stereocenters. The van der Waals surface area contributed by atoms with Gasteiger partial charge in [-0.3, -0.25) is 0 Å². The summed E-state index contributed by atoms with van der Waals surface area (Å²) in [5, 5.41) is 9.08. The Labute approximate surface area is 164 Å². The Morgan fingerprint density at radius 1 is 1.29 bits per heavy atom. The first-order chi connectivity index (χ1) is 13.3. The molecule has 146 valence electrons. The lowest BCUT2D eigenvalue weighted by Crippen LogP contribution is -2.26. The summed E-state index contributed by atoms with van der Waals surface area (Å²) < 4.78 is 28.6. The maximum atomic E-state index is 13.2. The fourth-order valence-electron chi connectivity index (χ4n) is 4.07. The predicted molar refractivity (Wildman–Crippen MR) is 104 cm³/mol. The minimum Gasteiger partial charge on any atom is -0.225 e. The standard InChI is InChI=1S/C19H20F2N6S/c1-19(2,3)10-4-5-11-13(8-10)28-17-14(11)16-24-15(25-26(16)9-22-17)12-6-7-23-27(12)18(20)21/h6-7,9-10,18H,4-5,8H2,1-3H3. The summed E-state index contributed by atoms with van der Waals surface area (Å²) in [5.74, 6) is 0.869. The summed E-state index contributed by atoms with van der Waals surface area (Å²) in [6, 6.07) is 1.50. The second kappa shape index (κ2) is 6.04. The third kappa shape index (κ3) is 2.63. The molecular weight excluding hydrogens is 382 g/mol. The predicted octanol–water partition coefficient (Wildman–Crippen LogP) is 4.75. The number of rotatable bonds is 2. The van der Waals surface area contributed by atoms with E-state index in [1.165, 1.54) is 22.7 Å². The minimum absolute atomic E-state index is 0.198. The molecule has 0 amide bonds. The summed E-state index contributed by atoms with van der Waals surface area (Å²) in [7, 11) is 0. The molecule has 0 radical (unpaired) electrons. The molecule has 0 fully saturated rings. The molecule has 1 aliphatic carbocycles. The normalized spacial score (nSPS) is 17.7. The largest absolute Gasteiger partial charge is 0.333 e. The van der Waals surface area contributed by atoms with Gasteiger partial charge in [-0.25, -0.2) is 19.2 Å². The van der Waals surface area contributed by atoms with Crippen molar-refractivity contribution >= 4 is 27.2 Å². The molecule has 0 aromatic carbocycles. The van der Waals surface area contributed by atoms with Crippen LogP contribution in [0.2, 0.25) is 0 Å². The first-order valence-electron chi connectivity index (χ1n) is 9.30. The molecule has 5 rings (SSSR count). The molecule has 4 aromatic rings. The van der Waals surface area contributed by atoms with Crippen LogP contribution in [-0.4, -0.2) is 29.4 Å². The second-order valence-corrected chi connectivity index (χ2v) is 9.46. The van der Waals surface area contributed by atoms with Crippen molar-refractivity contribution in [3.8, 4) is 11.5 Å². The van der Waals surface area contributed by atoms with Gasteiger partial charge >= 0.3 is 6.55 Å². The van der Waals surface area contributed by atoms with Gasteiger partial charge in [0.15, 0.2) is 5.65 Å². The van der Waals surface area contributed by atoms with E-state index in [2.05, 4.69) is 40.9 Å². The van der Waals surface area contributed by atoms with Crippen molar-refractivity contribution in [1.29, 1.82) is 0 Å². The van der Waals surface area contributed by atoms with Crippen LogP contribution in [0.5, 0.6) is 0 Å². The van der Waals surface area contributed by atoms with E-state index in [9.17, 15) is 8.78 Å². The number of thiophene rings is 1. The molecule has 0 N–H and O–H groups in total. The summed E-state index contributed by atoms with van der Waals surface area (Å²) in [5.41, 5.74) is 2.43. The Bertz CT molecular complexity index is 1180. The Balaban J connectivity index is 1.66. The van der Waals surface area contributed by atoms with Crippen LogP contribution in [0.1, 0.15) is 44.2 Å². The molecule has 4 aromatic heterocycles. The van der Waals surface area contributed by atoms with Crippen molar-refractivity contribution in [3.63, 3.8) is 0 Å². The summed E-state index contributed by atoms with van der Waals surface area (Å²) in [6.45, 7) is 4.15. The molecule has 28 heavy (non-hydrogen) atoms. The molecule has 0 saturated carbocycles. The third-order valence-corrected chi connectivity index (χ3v) is 6.86. The van der Waals surface area contributed by atoms with Crippen molar-refractivity contribution in [3.05, 3.63) is 29.0 Å². The number of aryl methyl sites for hydroxylation is 1. The van der Waals surface area contributed by atoms with Crippen LogP contribution in [0.25, 0.3) is 27.4 Å². The smallest absolute Gasteiger partial charge is 0.225 e. The van der Waals surface area contributed by atoms with Crippen molar-refractivity contribution in [2.45, 2.75) is 46.6 Å². The molecule has 4 heterocycles. The second-order valence-electron chi connectivity index (χ2n) is 8.38. The van der Waals surface area contributed by atoms with E-state index in [0.717, 1.165) is 29.5 Å². The Morgan fingerprint density at radius 2 is 2.11 bits per heavy atom. The lowest BCUT2D eigenvalue weighted by Gasteiger charge is -2.33. The first kappa shape index (κ1) is 17.7. The SMILES string of the molecule is CC(C)(C)C1CCc2c(sc3ncn4nc(-c5ccnn5C(F)F)nc4c23)C1. The molecule has 0 spiro atoms. The van der Waals surface area contributed by atoms with Gasteiger partial charge < -0.3 is 0 Å². The number of halogens is 2. The van der Waals surface area contributed by atoms with E-state index in [0.29, 0.717) is 16.2 Å². The maximum Gasteiger partial charge on any atom is 0.333 e.